The van der Waals surface area contributed by atoms with E-state index in [2.05, 4.69) is 45.5 Å². The van der Waals surface area contributed by atoms with Gasteiger partial charge in [0.2, 0.25) is 5.91 Å². The lowest BCUT2D eigenvalue weighted by Crippen LogP contribution is -2.37. The van der Waals surface area contributed by atoms with Crippen molar-refractivity contribution in [1.29, 1.82) is 0 Å². The molecule has 2 aromatic carbocycles. The van der Waals surface area contributed by atoms with Gasteiger partial charge in [-0.2, -0.15) is 0 Å². The number of carbonyl (C=O) groups excluding carboxylic acids is 1. The van der Waals surface area contributed by atoms with E-state index in [1.54, 1.807) is 6.33 Å². The summed E-state index contributed by atoms with van der Waals surface area (Å²) in [6.45, 7) is 4.77. The summed E-state index contributed by atoms with van der Waals surface area (Å²) in [6, 6.07) is 16.3. The van der Waals surface area contributed by atoms with Crippen molar-refractivity contribution in [1.82, 2.24) is 25.0 Å². The van der Waals surface area contributed by atoms with E-state index in [9.17, 15) is 4.79 Å². The molecule has 4 rings (SSSR count). The van der Waals surface area contributed by atoms with E-state index in [0.29, 0.717) is 11.7 Å². The van der Waals surface area contributed by atoms with Crippen LogP contribution in [-0.4, -0.2) is 51.0 Å². The number of aryl methyl sites for hydroxylation is 1. The Balaban J connectivity index is 1.38. The third-order valence-corrected chi connectivity index (χ3v) is 6.97. The number of hydrogen-bond acceptors (Lipinski definition) is 5. The number of hydrogen-bond donors (Lipinski definition) is 1. The molecule has 6 nitrogen and oxygen atoms in total. The van der Waals surface area contributed by atoms with Gasteiger partial charge in [-0.3, -0.25) is 14.3 Å². The monoisotopic (exact) mass is 469 g/mol. The molecule has 1 amide bonds. The highest BCUT2D eigenvalue weighted by molar-refractivity contribution is 7.99. The molecule has 1 fully saturated rings. The molecule has 0 saturated carbocycles. The van der Waals surface area contributed by atoms with Crippen LogP contribution in [0.1, 0.15) is 36.9 Å². The summed E-state index contributed by atoms with van der Waals surface area (Å²) in [7, 11) is 0. The van der Waals surface area contributed by atoms with Crippen molar-refractivity contribution >= 4 is 29.3 Å². The van der Waals surface area contributed by atoms with Gasteiger partial charge in [0, 0.05) is 11.6 Å². The second-order valence-electron chi connectivity index (χ2n) is 7.87. The lowest BCUT2D eigenvalue weighted by Gasteiger charge is -2.28. The fourth-order valence-electron chi connectivity index (χ4n) is 4.15. The number of nitrogens with one attached hydrogen (secondary N) is 1. The zero-order chi connectivity index (χ0) is 22.3. The number of rotatable bonds is 9. The van der Waals surface area contributed by atoms with Gasteiger partial charge in [-0.25, -0.2) is 0 Å². The van der Waals surface area contributed by atoms with Crippen molar-refractivity contribution in [2.75, 3.05) is 25.4 Å². The standard InChI is InChI=1S/C24H28ClN5OS/c1-2-18-8-3-4-11-21(18)30-17-27-28-24(30)32-16-23(31)26-15-22(29-12-5-6-13-29)19-9-7-10-20(25)14-19/h3-4,7-11,14,17,22H,2,5-6,12-13,15-16H2,1H3,(H,26,31). The molecule has 168 valence electrons. The van der Waals surface area contributed by atoms with Crippen LogP contribution in [0.25, 0.3) is 5.69 Å². The van der Waals surface area contributed by atoms with Gasteiger partial charge in [-0.1, -0.05) is 60.6 Å². The third-order valence-electron chi connectivity index (χ3n) is 5.79. The number of thioether (sulfide) groups is 1. The molecular weight excluding hydrogens is 442 g/mol. The molecule has 0 radical (unpaired) electrons. The maximum atomic E-state index is 12.7. The van der Waals surface area contributed by atoms with Crippen molar-refractivity contribution in [3.05, 3.63) is 71.0 Å². The minimum absolute atomic E-state index is 0.0143. The molecular formula is C24H28ClN5OS. The van der Waals surface area contributed by atoms with Crippen molar-refractivity contribution in [2.45, 2.75) is 37.4 Å². The van der Waals surface area contributed by atoms with Crippen LogP contribution in [0, 0.1) is 0 Å². The SMILES string of the molecule is CCc1ccccc1-n1cnnc1SCC(=O)NCC(c1cccc(Cl)c1)N1CCCC1. The molecule has 1 aliphatic rings. The first-order chi connectivity index (χ1) is 15.7. The van der Waals surface area contributed by atoms with Gasteiger partial charge in [0.25, 0.3) is 0 Å². The number of halogens is 1. The molecule has 1 N–H and O–H groups in total. The number of nitrogens with zero attached hydrogens (tertiary/aromatic N) is 4. The van der Waals surface area contributed by atoms with Crippen molar-refractivity contribution < 1.29 is 4.79 Å². The number of aromatic nitrogens is 3. The second-order valence-corrected chi connectivity index (χ2v) is 9.25. The van der Waals surface area contributed by atoms with Crippen molar-refractivity contribution in [2.24, 2.45) is 0 Å². The first kappa shape index (κ1) is 22.8. The quantitative estimate of drug-likeness (QED) is 0.466. The number of carbonyl (C=O) groups is 1. The summed E-state index contributed by atoms with van der Waals surface area (Å²) >= 11 is 7.63. The first-order valence-corrected chi connectivity index (χ1v) is 12.4. The topological polar surface area (TPSA) is 63.1 Å². The molecule has 8 heteroatoms. The van der Waals surface area contributed by atoms with Gasteiger partial charge >= 0.3 is 0 Å². The van der Waals surface area contributed by atoms with E-state index in [4.69, 9.17) is 11.6 Å². The van der Waals surface area contributed by atoms with Crippen LogP contribution in [0.3, 0.4) is 0 Å². The zero-order valence-electron chi connectivity index (χ0n) is 18.2. The van der Waals surface area contributed by atoms with Crippen LogP contribution in [0.2, 0.25) is 5.02 Å². The lowest BCUT2D eigenvalue weighted by molar-refractivity contribution is -0.118. The Morgan fingerprint density at radius 1 is 1.19 bits per heavy atom. The minimum atomic E-state index is -0.0143. The summed E-state index contributed by atoms with van der Waals surface area (Å²) in [5.41, 5.74) is 3.41. The summed E-state index contributed by atoms with van der Waals surface area (Å²) in [4.78, 5) is 15.1. The highest BCUT2D eigenvalue weighted by Crippen LogP contribution is 2.27. The van der Waals surface area contributed by atoms with Crippen LogP contribution in [0.15, 0.2) is 60.0 Å². The molecule has 0 aliphatic carbocycles. The van der Waals surface area contributed by atoms with E-state index in [1.165, 1.54) is 30.2 Å². The molecule has 1 aliphatic heterocycles. The molecule has 1 atom stereocenters. The number of amides is 1. The molecule has 32 heavy (non-hydrogen) atoms. The lowest BCUT2D eigenvalue weighted by atomic mass is 10.1. The number of likely N-dealkylation sites (tertiary alicyclic amines) is 1. The van der Waals surface area contributed by atoms with Gasteiger partial charge in [0.05, 0.1) is 17.5 Å². The van der Waals surface area contributed by atoms with Crippen molar-refractivity contribution in [3.8, 4) is 5.69 Å². The zero-order valence-corrected chi connectivity index (χ0v) is 19.8. The Morgan fingerprint density at radius 2 is 2.00 bits per heavy atom. The van der Waals surface area contributed by atoms with Gasteiger partial charge in [0.15, 0.2) is 5.16 Å². The predicted molar refractivity (Wildman–Crippen MR) is 129 cm³/mol. The maximum absolute atomic E-state index is 12.7. The highest BCUT2D eigenvalue weighted by Gasteiger charge is 2.24. The predicted octanol–water partition coefficient (Wildman–Crippen LogP) is 4.53. The average molecular weight is 470 g/mol. The molecule has 0 spiro atoms. The fraction of sp³-hybridized carbons (Fsp3) is 0.375. The Morgan fingerprint density at radius 3 is 2.78 bits per heavy atom. The minimum Gasteiger partial charge on any atom is -0.353 e. The molecule has 1 aromatic heterocycles. The van der Waals surface area contributed by atoms with Crippen LogP contribution < -0.4 is 5.32 Å². The van der Waals surface area contributed by atoms with Gasteiger partial charge < -0.3 is 5.32 Å². The summed E-state index contributed by atoms with van der Waals surface area (Å²) < 4.78 is 1.95. The van der Waals surface area contributed by atoms with E-state index in [1.807, 2.05) is 34.9 Å². The van der Waals surface area contributed by atoms with Crippen LogP contribution in [0.5, 0.6) is 0 Å². The van der Waals surface area contributed by atoms with E-state index < -0.39 is 0 Å². The van der Waals surface area contributed by atoms with Crippen LogP contribution in [-0.2, 0) is 11.2 Å². The van der Waals surface area contributed by atoms with Crippen molar-refractivity contribution in [3.63, 3.8) is 0 Å². The summed E-state index contributed by atoms with van der Waals surface area (Å²) in [5, 5.41) is 12.9. The van der Waals surface area contributed by atoms with Crippen LogP contribution >= 0.6 is 23.4 Å². The smallest absolute Gasteiger partial charge is 0.230 e. The van der Waals surface area contributed by atoms with E-state index in [0.717, 1.165) is 35.8 Å². The Hall–Kier alpha value is -2.35. The Labute approximate surface area is 198 Å². The number of para-hydroxylation sites is 1. The van der Waals surface area contributed by atoms with Gasteiger partial charge in [-0.05, 0) is 61.7 Å². The Kier molecular flexibility index (Phi) is 7.84. The Bertz CT molecular complexity index is 1050. The van der Waals surface area contributed by atoms with Crippen LogP contribution in [0.4, 0.5) is 0 Å². The summed E-state index contributed by atoms with van der Waals surface area (Å²) in [5.74, 6) is 0.273. The molecule has 3 aromatic rings. The molecule has 1 unspecified atom stereocenters. The second kappa shape index (κ2) is 11.0. The van der Waals surface area contributed by atoms with E-state index in [-0.39, 0.29) is 17.7 Å². The maximum Gasteiger partial charge on any atom is 0.230 e. The first-order valence-electron chi connectivity index (χ1n) is 11.0. The fourth-order valence-corrected chi connectivity index (χ4v) is 5.10. The molecule has 2 heterocycles. The van der Waals surface area contributed by atoms with Gasteiger partial charge in [0.1, 0.15) is 6.33 Å². The van der Waals surface area contributed by atoms with E-state index >= 15 is 0 Å². The molecule has 0 bridgehead atoms. The normalized spacial score (nSPS) is 15.1. The molecule has 1 saturated heterocycles. The largest absolute Gasteiger partial charge is 0.353 e. The average Bonchev–Trinajstić information content (AvgIpc) is 3.50. The van der Waals surface area contributed by atoms with Gasteiger partial charge in [-0.15, -0.1) is 10.2 Å². The number of benzene rings is 2. The summed E-state index contributed by atoms with van der Waals surface area (Å²) in [6.07, 6.45) is 5.00. The highest BCUT2D eigenvalue weighted by atomic mass is 35.5. The third kappa shape index (κ3) is 5.52.